The zero-order valence-corrected chi connectivity index (χ0v) is 22.0. The normalized spacial score (nSPS) is 22.2. The van der Waals surface area contributed by atoms with Gasteiger partial charge >= 0.3 is 0 Å². The van der Waals surface area contributed by atoms with Crippen LogP contribution in [0.25, 0.3) is 0 Å². The molecule has 1 amide bonds. The molecule has 6 rings (SSSR count). The zero-order valence-electron chi connectivity index (χ0n) is 22.0. The van der Waals surface area contributed by atoms with Crippen molar-refractivity contribution in [1.82, 2.24) is 9.80 Å². The smallest absolute Gasteiger partial charge is 0.253 e. The average molecular weight is 496 g/mol. The van der Waals surface area contributed by atoms with Crippen molar-refractivity contribution in [3.63, 3.8) is 0 Å². The van der Waals surface area contributed by atoms with Crippen molar-refractivity contribution in [2.45, 2.75) is 64.1 Å². The summed E-state index contributed by atoms with van der Waals surface area (Å²) in [5, 5.41) is 0. The van der Waals surface area contributed by atoms with E-state index in [2.05, 4.69) is 58.3 Å². The van der Waals surface area contributed by atoms with E-state index in [0.717, 1.165) is 48.7 Å². The first-order valence-electron chi connectivity index (χ1n) is 13.9. The highest BCUT2D eigenvalue weighted by Gasteiger charge is 2.44. The molecule has 3 aromatic carbocycles. The van der Waals surface area contributed by atoms with E-state index in [0.29, 0.717) is 36.8 Å². The lowest BCUT2D eigenvalue weighted by Gasteiger charge is -2.46. The summed E-state index contributed by atoms with van der Waals surface area (Å²) in [6, 6.07) is 26.9. The molecule has 192 valence electrons. The zero-order chi connectivity index (χ0) is 25.4. The first-order valence-corrected chi connectivity index (χ1v) is 13.9. The number of fused-ring (bicyclic) bond motifs is 4. The number of carbonyl (C=O) groups is 1. The molecule has 0 saturated carbocycles. The minimum atomic E-state index is 0.0616. The van der Waals surface area contributed by atoms with Gasteiger partial charge in [0.25, 0.3) is 5.91 Å². The summed E-state index contributed by atoms with van der Waals surface area (Å²) in [6.45, 7) is 6.59. The maximum atomic E-state index is 13.1. The molecule has 0 spiro atoms. The number of piperidine rings is 1. The molecule has 0 unspecified atom stereocenters. The van der Waals surface area contributed by atoms with Gasteiger partial charge in [-0.1, -0.05) is 42.5 Å². The monoisotopic (exact) mass is 495 g/mol. The van der Waals surface area contributed by atoms with Crippen LogP contribution in [0.3, 0.4) is 0 Å². The van der Waals surface area contributed by atoms with Crippen molar-refractivity contribution < 1.29 is 9.53 Å². The molecule has 37 heavy (non-hydrogen) atoms. The number of nitrogens with zero attached hydrogens (tertiary/aromatic N) is 3. The van der Waals surface area contributed by atoms with E-state index in [1.807, 2.05) is 43.0 Å². The Balaban J connectivity index is 1.26. The SMILES string of the molecule is CCN(CC)C(=O)c1ccc2c(c1)Oc1ccccc1N2[C@H]1C[C@H]2CC[C@@H](C1)N2CCc1ccccc1. The molecule has 2 fully saturated rings. The molecule has 5 heteroatoms. The molecular weight excluding hydrogens is 458 g/mol. The summed E-state index contributed by atoms with van der Waals surface area (Å²) in [7, 11) is 0. The number of rotatable bonds is 7. The van der Waals surface area contributed by atoms with E-state index < -0.39 is 0 Å². The standard InChI is InChI=1S/C32H37N3O2/c1-3-33(4-2)32(36)24-14-17-29-31(20-24)37-30-13-9-8-12-28(30)35(29)27-21-25-15-16-26(22-27)34(25)19-18-23-10-6-5-7-11-23/h5-14,17,20,25-27H,3-4,15-16,18-19,21-22H2,1-2H3/t25-,26+,27+. The summed E-state index contributed by atoms with van der Waals surface area (Å²) >= 11 is 0. The van der Waals surface area contributed by atoms with Gasteiger partial charge < -0.3 is 14.5 Å². The summed E-state index contributed by atoms with van der Waals surface area (Å²) < 4.78 is 6.39. The third-order valence-electron chi connectivity index (χ3n) is 8.59. The Bertz CT molecular complexity index is 1240. The lowest BCUT2D eigenvalue weighted by atomic mass is 9.93. The highest BCUT2D eigenvalue weighted by molar-refractivity contribution is 5.96. The third-order valence-corrected chi connectivity index (χ3v) is 8.59. The van der Waals surface area contributed by atoms with Crippen molar-refractivity contribution in [2.24, 2.45) is 0 Å². The molecule has 0 aromatic heterocycles. The van der Waals surface area contributed by atoms with Gasteiger partial charge in [0.15, 0.2) is 11.5 Å². The number of hydrogen-bond acceptors (Lipinski definition) is 4. The molecule has 3 heterocycles. The fourth-order valence-corrected chi connectivity index (χ4v) is 6.73. The molecular formula is C32H37N3O2. The fraction of sp³-hybridized carbons (Fsp3) is 0.406. The summed E-state index contributed by atoms with van der Waals surface area (Å²) in [5.74, 6) is 1.73. The maximum absolute atomic E-state index is 13.1. The minimum Gasteiger partial charge on any atom is -0.453 e. The van der Waals surface area contributed by atoms with E-state index in [-0.39, 0.29) is 5.91 Å². The lowest BCUT2D eigenvalue weighted by molar-refractivity contribution is 0.0772. The van der Waals surface area contributed by atoms with E-state index in [9.17, 15) is 4.79 Å². The molecule has 3 aliphatic rings. The molecule has 5 nitrogen and oxygen atoms in total. The summed E-state index contributed by atoms with van der Waals surface area (Å²) in [4.78, 5) is 20.2. The molecule has 3 atom stereocenters. The molecule has 0 aliphatic carbocycles. The lowest BCUT2D eigenvalue weighted by Crippen LogP contribution is -2.50. The van der Waals surface area contributed by atoms with E-state index in [4.69, 9.17) is 4.74 Å². The number of carbonyl (C=O) groups excluding carboxylic acids is 1. The number of benzene rings is 3. The van der Waals surface area contributed by atoms with Gasteiger partial charge in [0, 0.05) is 43.3 Å². The second kappa shape index (κ2) is 10.2. The highest BCUT2D eigenvalue weighted by Crippen LogP contribution is 2.51. The Morgan fingerprint density at radius 1 is 0.838 bits per heavy atom. The van der Waals surface area contributed by atoms with Gasteiger partial charge in [-0.25, -0.2) is 0 Å². The number of para-hydroxylation sites is 2. The Morgan fingerprint density at radius 3 is 2.24 bits per heavy atom. The van der Waals surface area contributed by atoms with Crippen LogP contribution in [-0.4, -0.2) is 53.5 Å². The molecule has 0 N–H and O–H groups in total. The van der Waals surface area contributed by atoms with Crippen LogP contribution in [0.15, 0.2) is 72.8 Å². The molecule has 2 saturated heterocycles. The van der Waals surface area contributed by atoms with Crippen molar-refractivity contribution in [3.05, 3.63) is 83.9 Å². The number of ether oxygens (including phenoxy) is 1. The van der Waals surface area contributed by atoms with Crippen LogP contribution in [-0.2, 0) is 6.42 Å². The predicted molar refractivity (Wildman–Crippen MR) is 149 cm³/mol. The summed E-state index contributed by atoms with van der Waals surface area (Å²) in [5.41, 5.74) is 4.34. The largest absolute Gasteiger partial charge is 0.453 e. The van der Waals surface area contributed by atoms with Gasteiger partial charge in [-0.15, -0.1) is 0 Å². The van der Waals surface area contributed by atoms with E-state index in [1.54, 1.807) is 0 Å². The van der Waals surface area contributed by atoms with Crippen LogP contribution in [0.5, 0.6) is 11.5 Å². The first-order chi connectivity index (χ1) is 18.2. The van der Waals surface area contributed by atoms with Crippen molar-refractivity contribution in [3.8, 4) is 11.5 Å². The number of amides is 1. The molecule has 3 aromatic rings. The predicted octanol–water partition coefficient (Wildman–Crippen LogP) is 6.65. The topological polar surface area (TPSA) is 36.0 Å². The second-order valence-electron chi connectivity index (χ2n) is 10.6. The van der Waals surface area contributed by atoms with Crippen molar-refractivity contribution in [2.75, 3.05) is 24.5 Å². The Hall–Kier alpha value is -3.31. The summed E-state index contributed by atoms with van der Waals surface area (Å²) in [6.07, 6.45) is 5.99. The number of anilines is 2. The van der Waals surface area contributed by atoms with Crippen LogP contribution in [0.4, 0.5) is 11.4 Å². The molecule has 3 aliphatic heterocycles. The highest BCUT2D eigenvalue weighted by atomic mass is 16.5. The van der Waals surface area contributed by atoms with Crippen LogP contribution in [0, 0.1) is 0 Å². The Morgan fingerprint density at radius 2 is 1.51 bits per heavy atom. The van der Waals surface area contributed by atoms with Gasteiger partial charge in [-0.3, -0.25) is 9.69 Å². The first kappa shape index (κ1) is 24.1. The number of hydrogen-bond donors (Lipinski definition) is 0. The minimum absolute atomic E-state index is 0.0616. The quantitative estimate of drug-likeness (QED) is 0.368. The molecule has 0 radical (unpaired) electrons. The van der Waals surface area contributed by atoms with Crippen molar-refractivity contribution in [1.29, 1.82) is 0 Å². The Kier molecular flexibility index (Phi) is 6.64. The van der Waals surface area contributed by atoms with Gasteiger partial charge in [0.1, 0.15) is 0 Å². The van der Waals surface area contributed by atoms with Crippen LogP contribution in [0.1, 0.15) is 55.5 Å². The maximum Gasteiger partial charge on any atom is 0.253 e. The van der Waals surface area contributed by atoms with E-state index in [1.165, 1.54) is 18.4 Å². The van der Waals surface area contributed by atoms with Crippen LogP contribution >= 0.6 is 0 Å². The second-order valence-corrected chi connectivity index (χ2v) is 10.6. The van der Waals surface area contributed by atoms with Gasteiger partial charge in [-0.05, 0) is 81.8 Å². The van der Waals surface area contributed by atoms with Gasteiger partial charge in [-0.2, -0.15) is 0 Å². The molecule has 2 bridgehead atoms. The van der Waals surface area contributed by atoms with Gasteiger partial charge in [0.05, 0.1) is 11.4 Å². The van der Waals surface area contributed by atoms with Gasteiger partial charge in [0.2, 0.25) is 0 Å². The van der Waals surface area contributed by atoms with E-state index >= 15 is 0 Å². The Labute approximate surface area is 220 Å². The van der Waals surface area contributed by atoms with Crippen molar-refractivity contribution >= 4 is 17.3 Å². The average Bonchev–Trinajstić information content (AvgIpc) is 3.17. The third kappa shape index (κ3) is 4.50. The van der Waals surface area contributed by atoms with Crippen LogP contribution in [0.2, 0.25) is 0 Å². The fourth-order valence-electron chi connectivity index (χ4n) is 6.73. The van der Waals surface area contributed by atoms with Crippen LogP contribution < -0.4 is 9.64 Å².